The zero-order valence-corrected chi connectivity index (χ0v) is 11.2. The third-order valence-corrected chi connectivity index (χ3v) is 4.17. The van der Waals surface area contributed by atoms with E-state index in [9.17, 15) is 9.59 Å². The number of rotatable bonds is 3. The van der Waals surface area contributed by atoms with Crippen molar-refractivity contribution in [2.75, 3.05) is 11.4 Å². The van der Waals surface area contributed by atoms with Crippen molar-refractivity contribution in [2.45, 2.75) is 26.0 Å². The summed E-state index contributed by atoms with van der Waals surface area (Å²) in [6.45, 7) is 1.72. The molecule has 2 heterocycles. The molecule has 1 atom stereocenters. The van der Waals surface area contributed by atoms with E-state index in [1.807, 2.05) is 6.92 Å². The number of piperazine rings is 1. The van der Waals surface area contributed by atoms with Gasteiger partial charge in [-0.3, -0.25) is 14.9 Å². The fraction of sp³-hybridized carbons (Fsp3) is 0.500. The number of carbonyl (C=O) groups excluding carboxylic acids is 2. The molecule has 0 radical (unpaired) electrons. The Morgan fingerprint density at radius 3 is 2.89 bits per heavy atom. The molecule has 98 valence electrons. The number of imide groups is 1. The quantitative estimate of drug-likeness (QED) is 0.793. The van der Waals surface area contributed by atoms with Crippen LogP contribution in [0.1, 0.15) is 18.2 Å². The highest BCUT2D eigenvalue weighted by atomic mass is 35.5. The summed E-state index contributed by atoms with van der Waals surface area (Å²) in [6.07, 6.45) is 0.560. The summed E-state index contributed by atoms with van der Waals surface area (Å²) < 4.78 is 0. The van der Waals surface area contributed by atoms with E-state index in [1.165, 1.54) is 11.3 Å². The van der Waals surface area contributed by atoms with Crippen LogP contribution in [0, 0.1) is 0 Å². The number of amides is 2. The normalized spacial score (nSPS) is 20.2. The van der Waals surface area contributed by atoms with Crippen LogP contribution in [0.4, 0.5) is 5.13 Å². The smallest absolute Gasteiger partial charge is 0.249 e. The van der Waals surface area contributed by atoms with Gasteiger partial charge in [0.2, 0.25) is 11.8 Å². The van der Waals surface area contributed by atoms with Crippen LogP contribution in [-0.2, 0) is 16.2 Å². The Morgan fingerprint density at radius 1 is 1.61 bits per heavy atom. The van der Waals surface area contributed by atoms with Crippen molar-refractivity contribution >= 4 is 39.9 Å². The Balaban J connectivity index is 2.33. The van der Waals surface area contributed by atoms with Crippen molar-refractivity contribution in [1.29, 1.82) is 0 Å². The van der Waals surface area contributed by atoms with Gasteiger partial charge in [-0.15, -0.1) is 0 Å². The van der Waals surface area contributed by atoms with E-state index in [0.29, 0.717) is 16.4 Å². The second kappa shape index (κ2) is 5.21. The highest BCUT2D eigenvalue weighted by molar-refractivity contribution is 7.16. The van der Waals surface area contributed by atoms with Gasteiger partial charge in [-0.2, -0.15) is 0 Å². The number of hydrogen-bond acceptors (Lipinski definition) is 6. The summed E-state index contributed by atoms with van der Waals surface area (Å²) in [5, 5.41) is 12.1. The Hall–Kier alpha value is -1.18. The maximum Gasteiger partial charge on any atom is 0.249 e. The maximum absolute atomic E-state index is 11.7. The fourth-order valence-corrected chi connectivity index (χ4v) is 2.98. The van der Waals surface area contributed by atoms with E-state index in [4.69, 9.17) is 16.7 Å². The zero-order valence-electron chi connectivity index (χ0n) is 9.64. The number of anilines is 1. The first-order chi connectivity index (χ1) is 8.56. The van der Waals surface area contributed by atoms with Crippen molar-refractivity contribution in [3.05, 3.63) is 10.0 Å². The first kappa shape index (κ1) is 13.3. The van der Waals surface area contributed by atoms with Crippen LogP contribution < -0.4 is 10.2 Å². The van der Waals surface area contributed by atoms with E-state index in [0.717, 1.165) is 0 Å². The summed E-state index contributed by atoms with van der Waals surface area (Å²) in [7, 11) is 0. The summed E-state index contributed by atoms with van der Waals surface area (Å²) in [5.74, 6) is -0.688. The number of hydrogen-bond donors (Lipinski definition) is 2. The highest BCUT2D eigenvalue weighted by Crippen LogP contribution is 2.31. The predicted molar refractivity (Wildman–Crippen MR) is 67.6 cm³/mol. The van der Waals surface area contributed by atoms with Gasteiger partial charge < -0.3 is 10.0 Å². The molecular weight excluding hydrogens is 278 g/mol. The molecule has 1 aliphatic heterocycles. The zero-order chi connectivity index (χ0) is 13.3. The minimum Gasteiger partial charge on any atom is -0.391 e. The molecule has 0 bridgehead atoms. The van der Waals surface area contributed by atoms with Gasteiger partial charge in [0.1, 0.15) is 17.7 Å². The molecule has 0 spiro atoms. The Labute approximate surface area is 113 Å². The Morgan fingerprint density at radius 2 is 2.33 bits per heavy atom. The number of aliphatic hydroxyl groups is 1. The van der Waals surface area contributed by atoms with Crippen LogP contribution in [0.25, 0.3) is 0 Å². The van der Waals surface area contributed by atoms with Gasteiger partial charge in [0.15, 0.2) is 5.13 Å². The van der Waals surface area contributed by atoms with Gasteiger partial charge in [-0.05, 0) is 6.42 Å². The molecule has 2 amide bonds. The molecule has 1 saturated heterocycles. The number of halogens is 1. The van der Waals surface area contributed by atoms with Crippen LogP contribution in [0.2, 0.25) is 5.15 Å². The summed E-state index contributed by atoms with van der Waals surface area (Å²) in [5.41, 5.74) is 0. The molecule has 1 aromatic rings. The topological polar surface area (TPSA) is 82.5 Å². The number of nitrogens with one attached hydrogen (secondary N) is 1. The molecule has 18 heavy (non-hydrogen) atoms. The van der Waals surface area contributed by atoms with Gasteiger partial charge in [0.25, 0.3) is 0 Å². The van der Waals surface area contributed by atoms with Crippen LogP contribution in [0.15, 0.2) is 0 Å². The molecule has 0 saturated carbocycles. The van der Waals surface area contributed by atoms with Crippen LogP contribution >= 0.6 is 22.9 Å². The van der Waals surface area contributed by atoms with Crippen molar-refractivity contribution in [2.24, 2.45) is 0 Å². The second-order valence-electron chi connectivity index (χ2n) is 3.83. The van der Waals surface area contributed by atoms with Gasteiger partial charge in [0, 0.05) is 0 Å². The molecule has 1 unspecified atom stereocenters. The summed E-state index contributed by atoms with van der Waals surface area (Å²) in [6, 6.07) is -0.434. The first-order valence-electron chi connectivity index (χ1n) is 5.43. The third kappa shape index (κ3) is 2.33. The van der Waals surface area contributed by atoms with Crippen molar-refractivity contribution in [3.63, 3.8) is 0 Å². The maximum atomic E-state index is 11.7. The lowest BCUT2D eigenvalue weighted by Gasteiger charge is -2.32. The molecule has 0 aliphatic carbocycles. The number of nitrogens with zero attached hydrogens (tertiary/aromatic N) is 2. The molecule has 2 N–H and O–H groups in total. The molecule has 6 nitrogen and oxygen atoms in total. The fourth-order valence-electron chi connectivity index (χ4n) is 1.82. The van der Waals surface area contributed by atoms with E-state index in [2.05, 4.69) is 10.3 Å². The van der Waals surface area contributed by atoms with E-state index in [1.54, 1.807) is 4.90 Å². The SMILES string of the molecule is CCC1C(=O)NC(=O)CN1c1nc(Cl)c(CO)s1. The van der Waals surface area contributed by atoms with Crippen molar-refractivity contribution in [3.8, 4) is 0 Å². The van der Waals surface area contributed by atoms with Crippen LogP contribution in [0.3, 0.4) is 0 Å². The predicted octanol–water partition coefficient (Wildman–Crippen LogP) is 0.530. The largest absolute Gasteiger partial charge is 0.391 e. The standard InChI is InChI=1S/C10H12ClN3O3S/c1-2-5-9(17)12-7(16)3-14(5)10-13-8(11)6(4-15)18-10/h5,15H,2-4H2,1H3,(H,12,16,17). The Bertz CT molecular complexity index is 491. The third-order valence-electron chi connectivity index (χ3n) is 2.67. The minimum absolute atomic E-state index is 0.0684. The highest BCUT2D eigenvalue weighted by Gasteiger charge is 2.34. The molecule has 1 fully saturated rings. The Kier molecular flexibility index (Phi) is 3.84. The van der Waals surface area contributed by atoms with Gasteiger partial charge in [-0.1, -0.05) is 29.9 Å². The monoisotopic (exact) mass is 289 g/mol. The first-order valence-corrected chi connectivity index (χ1v) is 6.62. The van der Waals surface area contributed by atoms with Gasteiger partial charge >= 0.3 is 0 Å². The molecule has 1 aromatic heterocycles. The minimum atomic E-state index is -0.434. The van der Waals surface area contributed by atoms with E-state index < -0.39 is 6.04 Å². The number of aromatic nitrogens is 1. The summed E-state index contributed by atoms with van der Waals surface area (Å²) in [4.78, 5) is 29.3. The molecule has 0 aromatic carbocycles. The van der Waals surface area contributed by atoms with Crippen LogP contribution in [0.5, 0.6) is 0 Å². The van der Waals surface area contributed by atoms with Crippen molar-refractivity contribution in [1.82, 2.24) is 10.3 Å². The molecular formula is C10H12ClN3O3S. The summed E-state index contributed by atoms with van der Waals surface area (Å²) >= 11 is 7.05. The molecule has 2 rings (SSSR count). The average molecular weight is 290 g/mol. The van der Waals surface area contributed by atoms with Crippen molar-refractivity contribution < 1.29 is 14.7 Å². The number of thiazole rings is 1. The molecule has 8 heteroatoms. The number of carbonyl (C=O) groups is 2. The lowest BCUT2D eigenvalue weighted by atomic mass is 10.1. The van der Waals surface area contributed by atoms with Gasteiger partial charge in [-0.25, -0.2) is 4.98 Å². The average Bonchev–Trinajstić information content (AvgIpc) is 2.69. The second-order valence-corrected chi connectivity index (χ2v) is 5.25. The number of aliphatic hydroxyl groups excluding tert-OH is 1. The lowest BCUT2D eigenvalue weighted by Crippen LogP contribution is -2.58. The lowest BCUT2D eigenvalue weighted by molar-refractivity contribution is -0.132. The van der Waals surface area contributed by atoms with Crippen LogP contribution in [-0.4, -0.2) is 34.5 Å². The van der Waals surface area contributed by atoms with E-state index >= 15 is 0 Å². The molecule has 1 aliphatic rings. The van der Waals surface area contributed by atoms with Gasteiger partial charge in [0.05, 0.1) is 11.5 Å². The van der Waals surface area contributed by atoms with E-state index in [-0.39, 0.29) is 30.1 Å².